The number of nitrogens with zero attached hydrogens (tertiary/aromatic N) is 3. The van der Waals surface area contributed by atoms with Crippen LogP contribution in [0.2, 0.25) is 0 Å². The maximum absolute atomic E-state index is 4.56. The molecule has 2 heterocycles. The van der Waals surface area contributed by atoms with E-state index in [4.69, 9.17) is 0 Å². The summed E-state index contributed by atoms with van der Waals surface area (Å²) in [6.07, 6.45) is 1.89. The molecule has 0 aliphatic carbocycles. The normalized spacial score (nSPS) is 10.9. The zero-order valence-corrected chi connectivity index (χ0v) is 13.5. The van der Waals surface area contributed by atoms with Crippen molar-refractivity contribution in [1.29, 1.82) is 0 Å². The number of anilines is 1. The lowest BCUT2D eigenvalue weighted by atomic mass is 10.1. The molecule has 0 saturated carbocycles. The van der Waals surface area contributed by atoms with Gasteiger partial charge in [-0.15, -0.1) is 11.3 Å². The van der Waals surface area contributed by atoms with Crippen LogP contribution in [0.3, 0.4) is 0 Å². The minimum atomic E-state index is 0.920. The van der Waals surface area contributed by atoms with Crippen molar-refractivity contribution >= 4 is 16.5 Å². The number of aromatic nitrogens is 3. The fourth-order valence-electron chi connectivity index (χ4n) is 2.46. The van der Waals surface area contributed by atoms with Gasteiger partial charge in [-0.25, -0.2) is 9.67 Å². The van der Waals surface area contributed by atoms with Gasteiger partial charge in [-0.3, -0.25) is 0 Å². The van der Waals surface area contributed by atoms with E-state index in [1.54, 1.807) is 11.3 Å². The predicted octanol–water partition coefficient (Wildman–Crippen LogP) is 3.96. The number of aryl methyl sites for hydroxylation is 2. The van der Waals surface area contributed by atoms with Crippen LogP contribution in [0.4, 0.5) is 5.13 Å². The summed E-state index contributed by atoms with van der Waals surface area (Å²) in [7, 11) is 1.88. The summed E-state index contributed by atoms with van der Waals surface area (Å²) >= 11 is 1.60. The zero-order chi connectivity index (χ0) is 15.0. The Morgan fingerprint density at radius 3 is 2.67 bits per heavy atom. The second kappa shape index (κ2) is 5.33. The number of hydrogen-bond acceptors (Lipinski definition) is 4. The van der Waals surface area contributed by atoms with Gasteiger partial charge in [-0.1, -0.05) is 17.7 Å². The first kappa shape index (κ1) is 13.8. The van der Waals surface area contributed by atoms with Crippen LogP contribution in [0.5, 0.6) is 0 Å². The van der Waals surface area contributed by atoms with Gasteiger partial charge in [0.15, 0.2) is 5.13 Å². The molecule has 108 valence electrons. The molecule has 3 rings (SSSR count). The van der Waals surface area contributed by atoms with Gasteiger partial charge >= 0.3 is 0 Å². The van der Waals surface area contributed by atoms with E-state index in [0.717, 1.165) is 27.8 Å². The Bertz CT molecular complexity index is 785. The maximum Gasteiger partial charge on any atom is 0.182 e. The molecule has 1 aromatic carbocycles. The largest absolute Gasteiger partial charge is 0.365 e. The van der Waals surface area contributed by atoms with Gasteiger partial charge in [-0.2, -0.15) is 5.10 Å². The molecule has 3 aromatic rings. The Morgan fingerprint density at radius 1 is 1.19 bits per heavy atom. The molecule has 1 N–H and O–H groups in total. The van der Waals surface area contributed by atoms with E-state index in [9.17, 15) is 0 Å². The van der Waals surface area contributed by atoms with E-state index in [2.05, 4.69) is 59.7 Å². The van der Waals surface area contributed by atoms with Crippen molar-refractivity contribution in [3.05, 3.63) is 46.6 Å². The molecule has 0 aliphatic heterocycles. The van der Waals surface area contributed by atoms with E-state index in [1.165, 1.54) is 11.1 Å². The fraction of sp³-hybridized carbons (Fsp3) is 0.250. The predicted molar refractivity (Wildman–Crippen MR) is 88.4 cm³/mol. The van der Waals surface area contributed by atoms with Crippen LogP contribution in [0, 0.1) is 20.8 Å². The first-order valence-corrected chi connectivity index (χ1v) is 7.74. The first-order valence-electron chi connectivity index (χ1n) is 6.86. The quantitative estimate of drug-likeness (QED) is 0.796. The van der Waals surface area contributed by atoms with Crippen LogP contribution in [0.1, 0.15) is 16.8 Å². The highest BCUT2D eigenvalue weighted by molar-refractivity contribution is 7.14. The molecule has 0 radical (unpaired) electrons. The molecular weight excluding hydrogens is 280 g/mol. The zero-order valence-electron chi connectivity index (χ0n) is 12.6. The standard InChI is InChI=1S/C16H18N4S/c1-10-5-6-15(11(2)7-10)20-12(3)13(8-18-20)14-9-21-16(17-4)19-14/h5-9H,1-4H3,(H,17,19). The molecule has 0 atom stereocenters. The highest BCUT2D eigenvalue weighted by Crippen LogP contribution is 2.28. The van der Waals surface area contributed by atoms with Crippen LogP contribution in [0.15, 0.2) is 29.8 Å². The third kappa shape index (κ3) is 2.45. The van der Waals surface area contributed by atoms with Crippen molar-refractivity contribution in [2.45, 2.75) is 20.8 Å². The molecule has 0 amide bonds. The molecule has 5 heteroatoms. The summed E-state index contributed by atoms with van der Waals surface area (Å²) in [4.78, 5) is 4.56. The smallest absolute Gasteiger partial charge is 0.182 e. The number of thiazole rings is 1. The van der Waals surface area contributed by atoms with Crippen molar-refractivity contribution in [2.24, 2.45) is 0 Å². The van der Waals surface area contributed by atoms with E-state index in [0.29, 0.717) is 0 Å². The molecule has 2 aromatic heterocycles. The first-order chi connectivity index (χ1) is 10.1. The summed E-state index contributed by atoms with van der Waals surface area (Å²) in [5.74, 6) is 0. The minimum absolute atomic E-state index is 0.920. The van der Waals surface area contributed by atoms with Crippen LogP contribution < -0.4 is 5.32 Å². The Hall–Kier alpha value is -2.14. The molecule has 4 nitrogen and oxygen atoms in total. The van der Waals surface area contributed by atoms with Crippen molar-refractivity contribution in [2.75, 3.05) is 12.4 Å². The van der Waals surface area contributed by atoms with Gasteiger partial charge in [0, 0.05) is 18.0 Å². The number of hydrogen-bond donors (Lipinski definition) is 1. The Labute approximate surface area is 128 Å². The molecule has 0 bridgehead atoms. The second-order valence-electron chi connectivity index (χ2n) is 5.13. The van der Waals surface area contributed by atoms with Crippen molar-refractivity contribution in [1.82, 2.24) is 14.8 Å². The number of benzene rings is 1. The molecule has 0 fully saturated rings. The number of rotatable bonds is 3. The molecule has 0 aliphatic rings. The van der Waals surface area contributed by atoms with Gasteiger partial charge in [-0.05, 0) is 32.4 Å². The summed E-state index contributed by atoms with van der Waals surface area (Å²) < 4.78 is 1.99. The van der Waals surface area contributed by atoms with Crippen molar-refractivity contribution in [3.8, 4) is 16.9 Å². The highest BCUT2D eigenvalue weighted by Gasteiger charge is 2.13. The van der Waals surface area contributed by atoms with Crippen LogP contribution in [-0.2, 0) is 0 Å². The highest BCUT2D eigenvalue weighted by atomic mass is 32.1. The lowest BCUT2D eigenvalue weighted by Gasteiger charge is -2.09. The monoisotopic (exact) mass is 298 g/mol. The van der Waals surface area contributed by atoms with E-state index in [1.807, 2.05) is 17.9 Å². The molecular formula is C16H18N4S. The maximum atomic E-state index is 4.56. The average Bonchev–Trinajstić information content (AvgIpc) is 3.06. The van der Waals surface area contributed by atoms with Crippen LogP contribution in [-0.4, -0.2) is 21.8 Å². The van der Waals surface area contributed by atoms with Gasteiger partial charge in [0.2, 0.25) is 0 Å². The third-order valence-corrected chi connectivity index (χ3v) is 4.44. The molecule has 0 saturated heterocycles. The lowest BCUT2D eigenvalue weighted by molar-refractivity contribution is 0.840. The Balaban J connectivity index is 2.06. The Morgan fingerprint density at radius 2 is 2.00 bits per heavy atom. The van der Waals surface area contributed by atoms with Gasteiger partial charge < -0.3 is 5.32 Å². The summed E-state index contributed by atoms with van der Waals surface area (Å²) in [5.41, 5.74) is 6.76. The Kier molecular flexibility index (Phi) is 3.51. The van der Waals surface area contributed by atoms with Crippen molar-refractivity contribution in [3.63, 3.8) is 0 Å². The van der Waals surface area contributed by atoms with Crippen molar-refractivity contribution < 1.29 is 0 Å². The summed E-state index contributed by atoms with van der Waals surface area (Å²) in [6, 6.07) is 6.41. The number of nitrogens with one attached hydrogen (secondary N) is 1. The lowest BCUT2D eigenvalue weighted by Crippen LogP contribution is -2.01. The molecule has 21 heavy (non-hydrogen) atoms. The van der Waals surface area contributed by atoms with Gasteiger partial charge in [0.05, 0.1) is 23.3 Å². The third-order valence-electron chi connectivity index (χ3n) is 3.58. The SMILES string of the molecule is CNc1nc(-c2cnn(-c3ccc(C)cc3C)c2C)cs1. The minimum Gasteiger partial charge on any atom is -0.365 e. The topological polar surface area (TPSA) is 42.7 Å². The average molecular weight is 298 g/mol. The van der Waals surface area contributed by atoms with Gasteiger partial charge in [0.1, 0.15) is 0 Å². The summed E-state index contributed by atoms with van der Waals surface area (Å²) in [5, 5.41) is 10.6. The van der Waals surface area contributed by atoms with E-state index in [-0.39, 0.29) is 0 Å². The summed E-state index contributed by atoms with van der Waals surface area (Å²) in [6.45, 7) is 6.30. The molecule has 0 spiro atoms. The van der Waals surface area contributed by atoms with E-state index < -0.39 is 0 Å². The van der Waals surface area contributed by atoms with E-state index >= 15 is 0 Å². The van der Waals surface area contributed by atoms with Crippen LogP contribution in [0.25, 0.3) is 16.9 Å². The molecule has 0 unspecified atom stereocenters. The second-order valence-corrected chi connectivity index (χ2v) is 5.99. The van der Waals surface area contributed by atoms with Gasteiger partial charge in [0.25, 0.3) is 0 Å². The van der Waals surface area contributed by atoms with Crippen LogP contribution >= 0.6 is 11.3 Å². The fourth-order valence-corrected chi connectivity index (χ4v) is 3.13.